The van der Waals surface area contributed by atoms with Gasteiger partial charge in [-0.1, -0.05) is 24.8 Å². The third kappa shape index (κ3) is 3.30. The van der Waals surface area contributed by atoms with Gasteiger partial charge in [0.2, 0.25) is 0 Å². The lowest BCUT2D eigenvalue weighted by Gasteiger charge is -2.14. The molecule has 4 nitrogen and oxygen atoms in total. The number of hydrogen-bond acceptors (Lipinski definition) is 3. The van der Waals surface area contributed by atoms with Gasteiger partial charge in [-0.2, -0.15) is 0 Å². The molecule has 1 heterocycles. The van der Waals surface area contributed by atoms with Crippen LogP contribution in [0, 0.1) is 5.82 Å². The molecule has 5 heteroatoms. The van der Waals surface area contributed by atoms with Crippen molar-refractivity contribution in [3.05, 3.63) is 84.7 Å². The molecule has 0 spiro atoms. The summed E-state index contributed by atoms with van der Waals surface area (Å²) < 4.78 is 26.4. The number of rotatable bonds is 6. The van der Waals surface area contributed by atoms with Crippen LogP contribution in [-0.2, 0) is 6.61 Å². The number of methoxy groups -OCH3 is 1. The van der Waals surface area contributed by atoms with E-state index in [1.165, 1.54) is 13.2 Å². The van der Waals surface area contributed by atoms with Crippen LogP contribution in [0.4, 0.5) is 4.39 Å². The molecule has 0 N–H and O–H groups in total. The summed E-state index contributed by atoms with van der Waals surface area (Å²) >= 11 is 0. The van der Waals surface area contributed by atoms with E-state index in [1.807, 2.05) is 35.0 Å². The Labute approximate surface area is 139 Å². The summed E-state index contributed by atoms with van der Waals surface area (Å²) in [6.07, 6.45) is 5.19. The van der Waals surface area contributed by atoms with Gasteiger partial charge in [0.05, 0.1) is 19.1 Å². The van der Waals surface area contributed by atoms with Crippen molar-refractivity contribution >= 4 is 5.70 Å². The third-order valence-electron chi connectivity index (χ3n) is 3.62. The quantitative estimate of drug-likeness (QED) is 0.684. The summed E-state index contributed by atoms with van der Waals surface area (Å²) in [6.45, 7) is 4.33. The Hall–Kier alpha value is -3.08. The molecule has 1 aromatic heterocycles. The van der Waals surface area contributed by atoms with E-state index in [9.17, 15) is 4.39 Å². The zero-order chi connectivity index (χ0) is 16.9. The van der Waals surface area contributed by atoms with Gasteiger partial charge in [0.15, 0.2) is 11.6 Å². The van der Waals surface area contributed by atoms with Crippen molar-refractivity contribution < 1.29 is 13.9 Å². The van der Waals surface area contributed by atoms with Crippen molar-refractivity contribution in [2.24, 2.45) is 0 Å². The Bertz CT molecular complexity index is 844. The van der Waals surface area contributed by atoms with E-state index in [0.717, 1.165) is 16.8 Å². The first-order valence-electron chi connectivity index (χ1n) is 7.41. The van der Waals surface area contributed by atoms with E-state index >= 15 is 0 Å². The van der Waals surface area contributed by atoms with Crippen LogP contribution >= 0.6 is 0 Å². The topological polar surface area (TPSA) is 36.3 Å². The number of halogens is 1. The van der Waals surface area contributed by atoms with Gasteiger partial charge in [-0.05, 0) is 29.8 Å². The largest absolute Gasteiger partial charge is 0.494 e. The SMILES string of the molecule is C=C(c1ccccc1OCc1ccc(OC)c(F)c1)n1ccnc1. The molecule has 0 aliphatic carbocycles. The minimum atomic E-state index is -0.408. The standard InChI is InChI=1S/C19H17FN2O2/c1-14(22-10-9-21-13-22)16-5-3-4-6-18(16)24-12-15-7-8-19(23-2)17(20)11-15/h3-11,13H,1,12H2,2H3. The van der Waals surface area contributed by atoms with Crippen molar-refractivity contribution in [3.63, 3.8) is 0 Å². The second-order valence-electron chi connectivity index (χ2n) is 5.17. The molecule has 0 aliphatic heterocycles. The van der Waals surface area contributed by atoms with Crippen molar-refractivity contribution in [2.45, 2.75) is 6.61 Å². The Morgan fingerprint density at radius 2 is 2.04 bits per heavy atom. The summed E-state index contributed by atoms with van der Waals surface area (Å²) in [5.41, 5.74) is 2.32. The molecule has 0 fully saturated rings. The monoisotopic (exact) mass is 324 g/mol. The molecule has 2 aromatic carbocycles. The molecule has 3 rings (SSSR count). The van der Waals surface area contributed by atoms with Crippen LogP contribution in [0.5, 0.6) is 11.5 Å². The highest BCUT2D eigenvalue weighted by atomic mass is 19.1. The smallest absolute Gasteiger partial charge is 0.165 e. The Kier molecular flexibility index (Phi) is 4.61. The molecule has 0 amide bonds. The summed E-state index contributed by atoms with van der Waals surface area (Å²) in [6, 6.07) is 12.3. The van der Waals surface area contributed by atoms with E-state index < -0.39 is 5.82 Å². The van der Waals surface area contributed by atoms with Crippen LogP contribution in [0.15, 0.2) is 67.8 Å². The van der Waals surface area contributed by atoms with E-state index in [-0.39, 0.29) is 12.4 Å². The van der Waals surface area contributed by atoms with Crippen molar-refractivity contribution in [3.8, 4) is 11.5 Å². The van der Waals surface area contributed by atoms with Gasteiger partial charge in [-0.15, -0.1) is 0 Å². The maximum Gasteiger partial charge on any atom is 0.165 e. The normalized spacial score (nSPS) is 10.4. The van der Waals surface area contributed by atoms with Crippen LogP contribution in [0.1, 0.15) is 11.1 Å². The Morgan fingerprint density at radius 3 is 2.75 bits per heavy atom. The number of nitrogens with zero attached hydrogens (tertiary/aromatic N) is 2. The minimum absolute atomic E-state index is 0.215. The first-order chi connectivity index (χ1) is 11.7. The third-order valence-corrected chi connectivity index (χ3v) is 3.62. The lowest BCUT2D eigenvalue weighted by Crippen LogP contribution is -2.02. The molecule has 0 saturated heterocycles. The molecule has 0 saturated carbocycles. The maximum atomic E-state index is 13.8. The number of imidazole rings is 1. The van der Waals surface area contributed by atoms with Crippen molar-refractivity contribution in [1.29, 1.82) is 0 Å². The van der Waals surface area contributed by atoms with Gasteiger partial charge in [0.25, 0.3) is 0 Å². The fourth-order valence-electron chi connectivity index (χ4n) is 2.35. The second-order valence-corrected chi connectivity index (χ2v) is 5.17. The van der Waals surface area contributed by atoms with E-state index in [1.54, 1.807) is 24.7 Å². The molecule has 0 bridgehead atoms. The molecule has 0 aliphatic rings. The fraction of sp³-hybridized carbons (Fsp3) is 0.105. The van der Waals surface area contributed by atoms with E-state index in [2.05, 4.69) is 11.6 Å². The lowest BCUT2D eigenvalue weighted by atomic mass is 10.1. The molecule has 0 unspecified atom stereocenters. The van der Waals surface area contributed by atoms with Gasteiger partial charge >= 0.3 is 0 Å². The predicted octanol–water partition coefficient (Wildman–Crippen LogP) is 4.13. The van der Waals surface area contributed by atoms with Gasteiger partial charge in [-0.25, -0.2) is 9.37 Å². The number of aromatic nitrogens is 2. The zero-order valence-corrected chi connectivity index (χ0v) is 13.3. The van der Waals surface area contributed by atoms with Gasteiger partial charge < -0.3 is 14.0 Å². The highest BCUT2D eigenvalue weighted by molar-refractivity contribution is 5.68. The highest BCUT2D eigenvalue weighted by Crippen LogP contribution is 2.27. The van der Waals surface area contributed by atoms with E-state index in [4.69, 9.17) is 9.47 Å². The second kappa shape index (κ2) is 7.00. The maximum absolute atomic E-state index is 13.8. The molecule has 0 radical (unpaired) electrons. The predicted molar refractivity (Wildman–Crippen MR) is 90.4 cm³/mol. The summed E-state index contributed by atoms with van der Waals surface area (Å²) in [4.78, 5) is 4.03. The summed E-state index contributed by atoms with van der Waals surface area (Å²) in [5.74, 6) is 0.481. The highest BCUT2D eigenvalue weighted by Gasteiger charge is 2.09. The first-order valence-corrected chi connectivity index (χ1v) is 7.41. The van der Waals surface area contributed by atoms with Crippen LogP contribution in [0.25, 0.3) is 5.70 Å². The summed E-state index contributed by atoms with van der Waals surface area (Å²) in [7, 11) is 1.44. The molecular formula is C19H17FN2O2. The van der Waals surface area contributed by atoms with Gasteiger partial charge in [-0.3, -0.25) is 0 Å². The lowest BCUT2D eigenvalue weighted by molar-refractivity contribution is 0.303. The number of ether oxygens (including phenoxy) is 2. The van der Waals surface area contributed by atoms with Crippen LogP contribution in [-0.4, -0.2) is 16.7 Å². The zero-order valence-electron chi connectivity index (χ0n) is 13.3. The number of benzene rings is 2. The molecule has 122 valence electrons. The van der Waals surface area contributed by atoms with Crippen molar-refractivity contribution in [1.82, 2.24) is 9.55 Å². The van der Waals surface area contributed by atoms with E-state index in [0.29, 0.717) is 5.75 Å². The van der Waals surface area contributed by atoms with Crippen LogP contribution in [0.3, 0.4) is 0 Å². The molecule has 3 aromatic rings. The Balaban J connectivity index is 1.79. The van der Waals surface area contributed by atoms with Crippen LogP contribution < -0.4 is 9.47 Å². The van der Waals surface area contributed by atoms with Gasteiger partial charge in [0, 0.05) is 18.0 Å². The average Bonchev–Trinajstić information content (AvgIpc) is 3.14. The Morgan fingerprint density at radius 1 is 1.21 bits per heavy atom. The number of hydrogen-bond donors (Lipinski definition) is 0. The molecule has 0 atom stereocenters. The molecule has 24 heavy (non-hydrogen) atoms. The van der Waals surface area contributed by atoms with Crippen molar-refractivity contribution in [2.75, 3.05) is 7.11 Å². The fourth-order valence-corrected chi connectivity index (χ4v) is 2.35. The average molecular weight is 324 g/mol. The van der Waals surface area contributed by atoms with Crippen LogP contribution in [0.2, 0.25) is 0 Å². The molecular weight excluding hydrogens is 307 g/mol. The van der Waals surface area contributed by atoms with Gasteiger partial charge in [0.1, 0.15) is 12.4 Å². The first kappa shape index (κ1) is 15.8. The summed E-state index contributed by atoms with van der Waals surface area (Å²) in [5, 5.41) is 0. The number of para-hydroxylation sites is 1. The minimum Gasteiger partial charge on any atom is -0.494 e.